The second-order valence-corrected chi connectivity index (χ2v) is 9.25. The van der Waals surface area contributed by atoms with Gasteiger partial charge in [-0.15, -0.1) is 11.8 Å². The molecule has 2 aromatic carbocycles. The minimum atomic E-state index is 0.619. The van der Waals surface area contributed by atoms with Gasteiger partial charge < -0.3 is 9.64 Å². The van der Waals surface area contributed by atoms with E-state index in [-0.39, 0.29) is 0 Å². The number of hydrogen-bond donors (Lipinski definition) is 0. The van der Waals surface area contributed by atoms with Crippen molar-refractivity contribution in [2.45, 2.75) is 31.2 Å². The number of methoxy groups -OCH3 is 1. The van der Waals surface area contributed by atoms with Crippen LogP contribution in [-0.2, 0) is 0 Å². The number of likely N-dealkylation sites (tertiary alicyclic amines) is 1. The Morgan fingerprint density at radius 1 is 1.03 bits per heavy atom. The Kier molecular flexibility index (Phi) is 7.47. The van der Waals surface area contributed by atoms with Crippen molar-refractivity contribution in [1.82, 2.24) is 9.88 Å². The van der Waals surface area contributed by atoms with Crippen molar-refractivity contribution >= 4 is 11.8 Å². The third kappa shape index (κ3) is 5.15. The molecular formula is C27H29N3OS. The zero-order valence-electron chi connectivity index (χ0n) is 18.8. The number of aromatic nitrogens is 1. The Bertz CT molecular complexity index is 1100. The number of rotatable bonds is 7. The molecule has 4 nitrogen and oxygen atoms in total. The highest BCUT2D eigenvalue weighted by atomic mass is 32.2. The van der Waals surface area contributed by atoms with Gasteiger partial charge in [-0.25, -0.2) is 4.98 Å². The molecule has 0 N–H and O–H groups in total. The fraction of sp³-hybridized carbons (Fsp3) is 0.333. The van der Waals surface area contributed by atoms with Crippen molar-refractivity contribution in [2.75, 3.05) is 32.5 Å². The quantitative estimate of drug-likeness (QED) is 0.408. The van der Waals surface area contributed by atoms with E-state index in [4.69, 9.17) is 9.72 Å². The maximum Gasteiger partial charge on any atom is 0.126 e. The Balaban J connectivity index is 1.73. The van der Waals surface area contributed by atoms with Crippen molar-refractivity contribution in [3.63, 3.8) is 0 Å². The first kappa shape index (κ1) is 22.4. The van der Waals surface area contributed by atoms with Crippen molar-refractivity contribution in [1.29, 1.82) is 5.26 Å². The number of benzene rings is 2. The first-order valence-electron chi connectivity index (χ1n) is 11.2. The number of nitrogens with zero attached hydrogens (tertiary/aromatic N) is 3. The summed E-state index contributed by atoms with van der Waals surface area (Å²) in [5, 5.41) is 10.9. The van der Waals surface area contributed by atoms with E-state index in [1.54, 1.807) is 18.9 Å². The van der Waals surface area contributed by atoms with E-state index in [0.717, 1.165) is 45.5 Å². The first-order chi connectivity index (χ1) is 15.7. The summed E-state index contributed by atoms with van der Waals surface area (Å²) < 4.78 is 5.62. The van der Waals surface area contributed by atoms with Crippen LogP contribution in [0.1, 0.15) is 30.4 Å². The minimum Gasteiger partial charge on any atom is -0.496 e. The van der Waals surface area contributed by atoms with Gasteiger partial charge in [-0.3, -0.25) is 0 Å². The fourth-order valence-electron chi connectivity index (χ4n) is 4.14. The van der Waals surface area contributed by atoms with E-state index in [0.29, 0.717) is 5.56 Å². The van der Waals surface area contributed by atoms with Gasteiger partial charge in [0.25, 0.3) is 0 Å². The van der Waals surface area contributed by atoms with E-state index >= 15 is 0 Å². The Morgan fingerprint density at radius 2 is 1.78 bits per heavy atom. The van der Waals surface area contributed by atoms with Gasteiger partial charge in [0, 0.05) is 29.0 Å². The van der Waals surface area contributed by atoms with Gasteiger partial charge in [0.05, 0.1) is 18.4 Å². The minimum absolute atomic E-state index is 0.619. The summed E-state index contributed by atoms with van der Waals surface area (Å²) in [5.41, 5.74) is 5.55. The van der Waals surface area contributed by atoms with Gasteiger partial charge in [0.2, 0.25) is 0 Å². The standard InChI is InChI=1S/C27H29N3OS/c1-20-10-12-21(13-11-20)25-18-23(22-8-4-5-9-26(22)31-2)24(19-28)27(29-25)32-17-16-30-14-6-3-7-15-30/h4-5,8-13,18H,3,6-7,14-17H2,1-2H3. The van der Waals surface area contributed by atoms with E-state index < -0.39 is 0 Å². The number of hydrogen-bond acceptors (Lipinski definition) is 5. The number of piperidine rings is 1. The maximum absolute atomic E-state index is 10.1. The monoisotopic (exact) mass is 443 g/mol. The number of thioether (sulfide) groups is 1. The van der Waals surface area contributed by atoms with Crippen LogP contribution in [0.25, 0.3) is 22.4 Å². The average molecular weight is 444 g/mol. The highest BCUT2D eigenvalue weighted by Crippen LogP contribution is 2.38. The third-order valence-electron chi connectivity index (χ3n) is 5.94. The topological polar surface area (TPSA) is 49.1 Å². The van der Waals surface area contributed by atoms with Gasteiger partial charge >= 0.3 is 0 Å². The molecule has 0 unspecified atom stereocenters. The van der Waals surface area contributed by atoms with Crippen LogP contribution < -0.4 is 4.74 Å². The van der Waals surface area contributed by atoms with E-state index in [1.165, 1.54) is 37.9 Å². The molecule has 1 saturated heterocycles. The maximum atomic E-state index is 10.1. The molecule has 164 valence electrons. The SMILES string of the molecule is COc1ccccc1-c1cc(-c2ccc(C)cc2)nc(SCCN2CCCCC2)c1C#N. The lowest BCUT2D eigenvalue weighted by Crippen LogP contribution is -2.31. The van der Waals surface area contributed by atoms with Gasteiger partial charge in [-0.05, 0) is 45.0 Å². The molecule has 5 heteroatoms. The molecule has 1 aliphatic heterocycles. The van der Waals surface area contributed by atoms with Gasteiger partial charge in [-0.2, -0.15) is 5.26 Å². The van der Waals surface area contributed by atoms with Crippen LogP contribution in [0.5, 0.6) is 5.75 Å². The lowest BCUT2D eigenvalue weighted by atomic mass is 9.98. The predicted octanol–water partition coefficient (Wildman–Crippen LogP) is 6.18. The summed E-state index contributed by atoms with van der Waals surface area (Å²) in [6.07, 6.45) is 3.91. The molecule has 0 aliphatic carbocycles. The summed E-state index contributed by atoms with van der Waals surface area (Å²) in [4.78, 5) is 7.47. The fourth-order valence-corrected chi connectivity index (χ4v) is 5.15. The summed E-state index contributed by atoms with van der Waals surface area (Å²) >= 11 is 1.68. The third-order valence-corrected chi connectivity index (χ3v) is 6.89. The molecule has 32 heavy (non-hydrogen) atoms. The Hall–Kier alpha value is -2.81. The molecule has 0 radical (unpaired) electrons. The van der Waals surface area contributed by atoms with E-state index in [2.05, 4.69) is 42.2 Å². The van der Waals surface area contributed by atoms with Crippen molar-refractivity contribution in [2.24, 2.45) is 0 Å². The van der Waals surface area contributed by atoms with E-state index in [9.17, 15) is 5.26 Å². The molecule has 0 bridgehead atoms. The molecule has 3 aromatic rings. The number of aryl methyl sites for hydroxylation is 1. The molecule has 0 spiro atoms. The smallest absolute Gasteiger partial charge is 0.126 e. The van der Waals surface area contributed by atoms with E-state index in [1.807, 2.05) is 30.3 Å². The normalized spacial score (nSPS) is 14.2. The molecule has 0 atom stereocenters. The van der Waals surface area contributed by atoms with Crippen molar-refractivity contribution in [3.05, 3.63) is 65.7 Å². The van der Waals surface area contributed by atoms with Crippen LogP contribution >= 0.6 is 11.8 Å². The Labute approximate surface area is 195 Å². The molecule has 2 heterocycles. The number of nitriles is 1. The van der Waals surface area contributed by atoms with Crippen LogP contribution in [0, 0.1) is 18.3 Å². The summed E-state index contributed by atoms with van der Waals surface area (Å²) in [6.45, 7) is 5.46. The zero-order chi connectivity index (χ0) is 22.3. The molecular weight excluding hydrogens is 414 g/mol. The number of ether oxygens (including phenoxy) is 1. The van der Waals surface area contributed by atoms with Crippen LogP contribution in [0.4, 0.5) is 0 Å². The molecule has 0 amide bonds. The molecule has 4 rings (SSSR count). The van der Waals surface area contributed by atoms with Gasteiger partial charge in [-0.1, -0.05) is 54.4 Å². The number of para-hydroxylation sites is 1. The average Bonchev–Trinajstić information content (AvgIpc) is 2.84. The molecule has 0 saturated carbocycles. The second kappa shape index (κ2) is 10.7. The summed E-state index contributed by atoms with van der Waals surface area (Å²) in [6, 6.07) is 20.7. The first-order valence-corrected chi connectivity index (χ1v) is 12.2. The zero-order valence-corrected chi connectivity index (χ0v) is 19.6. The largest absolute Gasteiger partial charge is 0.496 e. The number of pyridine rings is 1. The highest BCUT2D eigenvalue weighted by Gasteiger charge is 2.19. The van der Waals surface area contributed by atoms with Crippen molar-refractivity contribution < 1.29 is 4.74 Å². The highest BCUT2D eigenvalue weighted by molar-refractivity contribution is 7.99. The summed E-state index contributed by atoms with van der Waals surface area (Å²) in [5.74, 6) is 1.68. The van der Waals surface area contributed by atoms with Crippen LogP contribution in [0.3, 0.4) is 0 Å². The van der Waals surface area contributed by atoms with Gasteiger partial charge in [0.15, 0.2) is 0 Å². The van der Waals surface area contributed by atoms with Crippen molar-refractivity contribution in [3.8, 4) is 34.2 Å². The lowest BCUT2D eigenvalue weighted by molar-refractivity contribution is 0.242. The van der Waals surface area contributed by atoms with Gasteiger partial charge in [0.1, 0.15) is 16.8 Å². The molecule has 1 fully saturated rings. The molecule has 1 aromatic heterocycles. The Morgan fingerprint density at radius 3 is 2.50 bits per heavy atom. The van der Waals surface area contributed by atoms with Crippen LogP contribution in [0.2, 0.25) is 0 Å². The predicted molar refractivity (Wildman–Crippen MR) is 132 cm³/mol. The van der Waals surface area contributed by atoms with Crippen LogP contribution in [0.15, 0.2) is 59.6 Å². The summed E-state index contributed by atoms with van der Waals surface area (Å²) in [7, 11) is 1.67. The van der Waals surface area contributed by atoms with Crippen LogP contribution in [-0.4, -0.2) is 42.4 Å². The lowest BCUT2D eigenvalue weighted by Gasteiger charge is -2.26. The molecule has 1 aliphatic rings. The second-order valence-electron chi connectivity index (χ2n) is 8.16.